The molecule has 2 aromatic carbocycles. The standard InChI is InChI=1S/C22H18BrN3O3S/c23-14-6-7-16-17(12-14)30-19(24-16)20(28)25-10-8-22(9-11-25)13-18(27)26(21(22)29)15-4-2-1-3-5-15/h1-7,12H,8-11,13H2. The summed E-state index contributed by atoms with van der Waals surface area (Å²) in [6.07, 6.45) is 1.18. The Labute approximate surface area is 185 Å². The Morgan fingerprint density at radius 1 is 1.07 bits per heavy atom. The number of halogens is 1. The molecule has 0 atom stereocenters. The number of thiazole rings is 1. The Hall–Kier alpha value is -2.58. The molecule has 2 aliphatic heterocycles. The summed E-state index contributed by atoms with van der Waals surface area (Å²) in [6, 6.07) is 14.8. The number of rotatable bonds is 2. The zero-order chi connectivity index (χ0) is 20.9. The lowest BCUT2D eigenvalue weighted by Gasteiger charge is -2.37. The number of anilines is 1. The first kappa shape index (κ1) is 19.4. The smallest absolute Gasteiger partial charge is 0.282 e. The van der Waals surface area contributed by atoms with Crippen LogP contribution in [0, 0.1) is 5.41 Å². The van der Waals surface area contributed by atoms with Crippen molar-refractivity contribution in [3.05, 3.63) is 58.0 Å². The molecular weight excluding hydrogens is 466 g/mol. The third-order valence-electron chi connectivity index (χ3n) is 5.95. The number of hydrogen-bond donors (Lipinski definition) is 0. The molecule has 2 saturated heterocycles. The molecule has 0 N–H and O–H groups in total. The molecule has 152 valence electrons. The van der Waals surface area contributed by atoms with Gasteiger partial charge in [0.2, 0.25) is 11.8 Å². The number of benzene rings is 2. The Bertz CT molecular complexity index is 1170. The third kappa shape index (κ3) is 3.15. The number of fused-ring (bicyclic) bond motifs is 1. The molecular formula is C22H18BrN3O3S. The van der Waals surface area contributed by atoms with Gasteiger partial charge in [-0.2, -0.15) is 0 Å². The summed E-state index contributed by atoms with van der Waals surface area (Å²) in [7, 11) is 0. The second-order valence-electron chi connectivity index (χ2n) is 7.75. The summed E-state index contributed by atoms with van der Waals surface area (Å²) in [5.74, 6) is -0.419. The molecule has 6 nitrogen and oxygen atoms in total. The van der Waals surface area contributed by atoms with Gasteiger partial charge in [0, 0.05) is 24.0 Å². The van der Waals surface area contributed by atoms with Gasteiger partial charge in [-0.05, 0) is 43.2 Å². The highest BCUT2D eigenvalue weighted by Crippen LogP contribution is 2.44. The van der Waals surface area contributed by atoms with Crippen LogP contribution in [0.1, 0.15) is 29.1 Å². The maximum Gasteiger partial charge on any atom is 0.282 e. The molecule has 3 heterocycles. The Morgan fingerprint density at radius 3 is 2.53 bits per heavy atom. The van der Waals surface area contributed by atoms with Crippen molar-refractivity contribution in [2.45, 2.75) is 19.3 Å². The molecule has 0 unspecified atom stereocenters. The summed E-state index contributed by atoms with van der Waals surface area (Å²) in [6.45, 7) is 0.889. The number of piperidine rings is 1. The van der Waals surface area contributed by atoms with E-state index in [9.17, 15) is 14.4 Å². The van der Waals surface area contributed by atoms with Gasteiger partial charge in [-0.25, -0.2) is 4.98 Å². The van der Waals surface area contributed by atoms with Gasteiger partial charge in [0.15, 0.2) is 5.01 Å². The molecule has 3 amide bonds. The Morgan fingerprint density at radius 2 is 1.80 bits per heavy atom. The van der Waals surface area contributed by atoms with Crippen LogP contribution in [-0.4, -0.2) is 40.7 Å². The van der Waals surface area contributed by atoms with Gasteiger partial charge in [0.1, 0.15) is 0 Å². The summed E-state index contributed by atoms with van der Waals surface area (Å²) in [5, 5.41) is 0.457. The van der Waals surface area contributed by atoms with Crippen LogP contribution in [0.4, 0.5) is 5.69 Å². The van der Waals surface area contributed by atoms with E-state index in [-0.39, 0.29) is 24.1 Å². The molecule has 8 heteroatoms. The van der Waals surface area contributed by atoms with E-state index in [1.54, 1.807) is 17.0 Å². The van der Waals surface area contributed by atoms with Gasteiger partial charge < -0.3 is 4.90 Å². The Balaban J connectivity index is 1.32. The van der Waals surface area contributed by atoms with E-state index < -0.39 is 5.41 Å². The van der Waals surface area contributed by atoms with E-state index in [0.717, 1.165) is 14.7 Å². The lowest BCUT2D eigenvalue weighted by molar-refractivity contribution is -0.127. The normalized spacial score (nSPS) is 18.6. The van der Waals surface area contributed by atoms with Crippen molar-refractivity contribution >= 4 is 60.9 Å². The number of likely N-dealkylation sites (tertiary alicyclic amines) is 1. The Kier molecular flexibility index (Phi) is 4.71. The molecule has 0 radical (unpaired) electrons. The van der Waals surface area contributed by atoms with Crippen LogP contribution >= 0.6 is 27.3 Å². The summed E-state index contributed by atoms with van der Waals surface area (Å²) >= 11 is 4.82. The second kappa shape index (κ2) is 7.28. The fourth-order valence-corrected chi connectivity index (χ4v) is 5.77. The minimum absolute atomic E-state index is 0.112. The average molecular weight is 484 g/mol. The van der Waals surface area contributed by atoms with E-state index in [0.29, 0.717) is 36.6 Å². The zero-order valence-corrected chi connectivity index (χ0v) is 18.4. The summed E-state index contributed by atoms with van der Waals surface area (Å²) in [4.78, 5) is 46.3. The van der Waals surface area contributed by atoms with Crippen molar-refractivity contribution in [1.29, 1.82) is 0 Å². The molecule has 2 fully saturated rings. The first-order valence-electron chi connectivity index (χ1n) is 9.75. The lowest BCUT2D eigenvalue weighted by atomic mass is 9.77. The molecule has 3 aromatic rings. The first-order chi connectivity index (χ1) is 14.5. The topological polar surface area (TPSA) is 70.6 Å². The highest BCUT2D eigenvalue weighted by Gasteiger charge is 2.53. The van der Waals surface area contributed by atoms with Gasteiger partial charge in [-0.1, -0.05) is 34.1 Å². The maximum absolute atomic E-state index is 13.2. The number of nitrogens with zero attached hydrogens (tertiary/aromatic N) is 3. The number of hydrogen-bond acceptors (Lipinski definition) is 5. The molecule has 2 aliphatic rings. The number of imide groups is 1. The molecule has 30 heavy (non-hydrogen) atoms. The van der Waals surface area contributed by atoms with Gasteiger partial charge in [-0.3, -0.25) is 19.3 Å². The minimum atomic E-state index is -0.706. The third-order valence-corrected chi connectivity index (χ3v) is 7.45. The number of amides is 3. The minimum Gasteiger partial charge on any atom is -0.337 e. The monoisotopic (exact) mass is 483 g/mol. The van der Waals surface area contributed by atoms with Crippen molar-refractivity contribution < 1.29 is 14.4 Å². The van der Waals surface area contributed by atoms with Crippen molar-refractivity contribution in [3.63, 3.8) is 0 Å². The lowest BCUT2D eigenvalue weighted by Crippen LogP contribution is -2.46. The van der Waals surface area contributed by atoms with Crippen LogP contribution in [-0.2, 0) is 9.59 Å². The van der Waals surface area contributed by atoms with Crippen LogP contribution < -0.4 is 4.90 Å². The number of carbonyl (C=O) groups is 3. The van der Waals surface area contributed by atoms with Crippen LogP contribution in [0.3, 0.4) is 0 Å². The van der Waals surface area contributed by atoms with Gasteiger partial charge in [0.05, 0.1) is 21.3 Å². The molecule has 0 saturated carbocycles. The van der Waals surface area contributed by atoms with E-state index in [2.05, 4.69) is 20.9 Å². The van der Waals surface area contributed by atoms with Crippen molar-refractivity contribution in [1.82, 2.24) is 9.88 Å². The van der Waals surface area contributed by atoms with Gasteiger partial charge in [0.25, 0.3) is 5.91 Å². The largest absolute Gasteiger partial charge is 0.337 e. The fourth-order valence-electron chi connectivity index (χ4n) is 4.29. The van der Waals surface area contributed by atoms with Crippen LogP contribution in [0.15, 0.2) is 53.0 Å². The van der Waals surface area contributed by atoms with E-state index in [1.165, 1.54) is 16.2 Å². The quantitative estimate of drug-likeness (QED) is 0.511. The predicted molar refractivity (Wildman–Crippen MR) is 118 cm³/mol. The van der Waals surface area contributed by atoms with E-state index in [4.69, 9.17) is 0 Å². The molecule has 1 aromatic heterocycles. The van der Waals surface area contributed by atoms with E-state index >= 15 is 0 Å². The number of carbonyl (C=O) groups excluding carboxylic acids is 3. The predicted octanol–water partition coefficient (Wildman–Crippen LogP) is 4.24. The van der Waals surface area contributed by atoms with Crippen LogP contribution in [0.2, 0.25) is 0 Å². The van der Waals surface area contributed by atoms with Gasteiger partial charge >= 0.3 is 0 Å². The summed E-state index contributed by atoms with van der Waals surface area (Å²) in [5.41, 5.74) is 0.709. The second-order valence-corrected chi connectivity index (χ2v) is 9.70. The fraction of sp³-hybridized carbons (Fsp3) is 0.273. The average Bonchev–Trinajstić information content (AvgIpc) is 3.27. The number of para-hydroxylation sites is 1. The highest BCUT2D eigenvalue weighted by molar-refractivity contribution is 9.10. The summed E-state index contributed by atoms with van der Waals surface area (Å²) < 4.78 is 1.90. The molecule has 0 bridgehead atoms. The van der Waals surface area contributed by atoms with Gasteiger partial charge in [-0.15, -0.1) is 11.3 Å². The van der Waals surface area contributed by atoms with Crippen LogP contribution in [0.25, 0.3) is 10.2 Å². The van der Waals surface area contributed by atoms with Crippen molar-refractivity contribution in [3.8, 4) is 0 Å². The van der Waals surface area contributed by atoms with Crippen molar-refractivity contribution in [2.75, 3.05) is 18.0 Å². The van der Waals surface area contributed by atoms with E-state index in [1.807, 2.05) is 36.4 Å². The first-order valence-corrected chi connectivity index (χ1v) is 11.4. The molecule has 0 aliphatic carbocycles. The molecule has 5 rings (SSSR count). The van der Waals surface area contributed by atoms with Crippen LogP contribution in [0.5, 0.6) is 0 Å². The highest BCUT2D eigenvalue weighted by atomic mass is 79.9. The molecule has 1 spiro atoms. The SMILES string of the molecule is O=C(c1nc2ccc(Br)cc2s1)N1CCC2(CC1)CC(=O)N(c1ccccc1)C2=O. The number of aromatic nitrogens is 1. The zero-order valence-electron chi connectivity index (χ0n) is 16.0. The maximum atomic E-state index is 13.2. The van der Waals surface area contributed by atoms with Crippen molar-refractivity contribution in [2.24, 2.45) is 5.41 Å².